The molecule has 17 heavy (non-hydrogen) atoms. The van der Waals surface area contributed by atoms with E-state index in [-0.39, 0.29) is 11.8 Å². The summed E-state index contributed by atoms with van der Waals surface area (Å²) in [6.07, 6.45) is 1.63. The fourth-order valence-corrected chi connectivity index (χ4v) is 1.48. The highest BCUT2D eigenvalue weighted by molar-refractivity contribution is 5.92. The normalized spacial score (nSPS) is 10.5. The van der Waals surface area contributed by atoms with Gasteiger partial charge in [0, 0.05) is 17.2 Å². The molecule has 0 saturated heterocycles. The molecule has 0 aliphatic heterocycles. The molecule has 1 heterocycles. The first kappa shape index (κ1) is 11.5. The minimum atomic E-state index is -0.0257. The Morgan fingerprint density at radius 3 is 2.71 bits per heavy atom. The number of amides is 1. The van der Waals surface area contributed by atoms with E-state index in [4.69, 9.17) is 4.42 Å². The highest BCUT2D eigenvalue weighted by Gasteiger charge is 2.08. The van der Waals surface area contributed by atoms with Crippen molar-refractivity contribution in [2.75, 3.05) is 5.32 Å². The predicted octanol–water partition coefficient (Wildman–Crippen LogP) is 3.54. The maximum atomic E-state index is 11.6. The number of rotatable bonds is 3. The van der Waals surface area contributed by atoms with Crippen LogP contribution in [0, 0.1) is 5.92 Å². The molecule has 0 spiro atoms. The van der Waals surface area contributed by atoms with Gasteiger partial charge in [0.2, 0.25) is 5.91 Å². The van der Waals surface area contributed by atoms with Crippen molar-refractivity contribution < 1.29 is 9.21 Å². The highest BCUT2D eigenvalue weighted by Crippen LogP contribution is 2.23. The molecule has 2 rings (SSSR count). The fourth-order valence-electron chi connectivity index (χ4n) is 1.48. The topological polar surface area (TPSA) is 42.2 Å². The van der Waals surface area contributed by atoms with Gasteiger partial charge in [0.15, 0.2) is 0 Å². The molecular weight excluding hydrogens is 214 g/mol. The molecule has 0 atom stereocenters. The van der Waals surface area contributed by atoms with E-state index in [2.05, 4.69) is 5.32 Å². The van der Waals surface area contributed by atoms with E-state index in [9.17, 15) is 4.79 Å². The van der Waals surface area contributed by atoms with Crippen LogP contribution in [0.2, 0.25) is 0 Å². The smallest absolute Gasteiger partial charge is 0.226 e. The maximum Gasteiger partial charge on any atom is 0.226 e. The summed E-state index contributed by atoms with van der Waals surface area (Å²) >= 11 is 0. The van der Waals surface area contributed by atoms with Crippen molar-refractivity contribution in [1.29, 1.82) is 0 Å². The molecular formula is C14H15NO2. The second-order valence-electron chi connectivity index (χ2n) is 4.20. The number of carbonyl (C=O) groups excluding carboxylic acids is 1. The first-order valence-electron chi connectivity index (χ1n) is 5.61. The van der Waals surface area contributed by atoms with Gasteiger partial charge in [0.05, 0.1) is 6.26 Å². The Labute approximate surface area is 100 Å². The van der Waals surface area contributed by atoms with Gasteiger partial charge >= 0.3 is 0 Å². The molecule has 1 N–H and O–H groups in total. The van der Waals surface area contributed by atoms with Crippen LogP contribution in [0.25, 0.3) is 11.3 Å². The summed E-state index contributed by atoms with van der Waals surface area (Å²) in [6.45, 7) is 3.73. The van der Waals surface area contributed by atoms with Crippen LogP contribution in [0.5, 0.6) is 0 Å². The Kier molecular flexibility index (Phi) is 3.28. The molecule has 1 aromatic heterocycles. The molecule has 1 amide bonds. The molecule has 0 bridgehead atoms. The number of hydrogen-bond acceptors (Lipinski definition) is 2. The van der Waals surface area contributed by atoms with Gasteiger partial charge in [-0.1, -0.05) is 26.0 Å². The number of furan rings is 1. The Hall–Kier alpha value is -2.03. The van der Waals surface area contributed by atoms with Crippen LogP contribution in [-0.2, 0) is 4.79 Å². The number of anilines is 1. The van der Waals surface area contributed by atoms with Crippen molar-refractivity contribution in [1.82, 2.24) is 0 Å². The van der Waals surface area contributed by atoms with Crippen LogP contribution in [-0.4, -0.2) is 5.91 Å². The van der Waals surface area contributed by atoms with E-state index in [1.165, 1.54) is 0 Å². The second-order valence-corrected chi connectivity index (χ2v) is 4.20. The Bertz CT molecular complexity index is 501. The summed E-state index contributed by atoms with van der Waals surface area (Å²) in [5.74, 6) is 0.787. The highest BCUT2D eigenvalue weighted by atomic mass is 16.3. The average molecular weight is 229 g/mol. The van der Waals surface area contributed by atoms with Gasteiger partial charge in [-0.3, -0.25) is 4.79 Å². The number of benzene rings is 1. The minimum Gasteiger partial charge on any atom is -0.464 e. The van der Waals surface area contributed by atoms with Gasteiger partial charge < -0.3 is 9.73 Å². The second kappa shape index (κ2) is 4.87. The van der Waals surface area contributed by atoms with Gasteiger partial charge in [-0.25, -0.2) is 0 Å². The van der Waals surface area contributed by atoms with E-state index in [0.29, 0.717) is 0 Å². The molecule has 0 radical (unpaired) electrons. The number of hydrogen-bond donors (Lipinski definition) is 1. The first-order chi connectivity index (χ1) is 8.16. The summed E-state index contributed by atoms with van der Waals surface area (Å²) in [6, 6.07) is 11.3. The Morgan fingerprint density at radius 2 is 2.06 bits per heavy atom. The van der Waals surface area contributed by atoms with Gasteiger partial charge in [0.25, 0.3) is 0 Å². The maximum absolute atomic E-state index is 11.6. The fraction of sp³-hybridized carbons (Fsp3) is 0.214. The number of carbonyl (C=O) groups is 1. The molecule has 3 heteroatoms. The average Bonchev–Trinajstić information content (AvgIpc) is 2.82. The molecule has 0 aliphatic rings. The third kappa shape index (κ3) is 2.75. The Balaban J connectivity index is 2.20. The molecule has 1 aromatic carbocycles. The van der Waals surface area contributed by atoms with Crippen molar-refractivity contribution >= 4 is 11.6 Å². The lowest BCUT2D eigenvalue weighted by molar-refractivity contribution is -0.118. The van der Waals surface area contributed by atoms with E-state index < -0.39 is 0 Å². The van der Waals surface area contributed by atoms with Crippen LogP contribution in [0.4, 0.5) is 5.69 Å². The van der Waals surface area contributed by atoms with Crippen LogP contribution < -0.4 is 5.32 Å². The summed E-state index contributed by atoms with van der Waals surface area (Å²) in [7, 11) is 0. The van der Waals surface area contributed by atoms with Crippen molar-refractivity contribution in [3.63, 3.8) is 0 Å². The SMILES string of the molecule is CC(C)C(=O)Nc1cccc(-c2ccco2)c1. The van der Waals surface area contributed by atoms with Gasteiger partial charge in [-0.15, -0.1) is 0 Å². The Morgan fingerprint density at radius 1 is 1.24 bits per heavy atom. The molecule has 0 unspecified atom stereocenters. The lowest BCUT2D eigenvalue weighted by Crippen LogP contribution is -2.17. The summed E-state index contributed by atoms with van der Waals surface area (Å²) in [5.41, 5.74) is 1.74. The summed E-state index contributed by atoms with van der Waals surface area (Å²) < 4.78 is 5.31. The largest absolute Gasteiger partial charge is 0.464 e. The lowest BCUT2D eigenvalue weighted by Gasteiger charge is -2.08. The van der Waals surface area contributed by atoms with Gasteiger partial charge in [-0.05, 0) is 24.3 Å². The van der Waals surface area contributed by atoms with Crippen LogP contribution in [0.1, 0.15) is 13.8 Å². The molecule has 0 aliphatic carbocycles. The minimum absolute atomic E-state index is 0.0154. The molecule has 3 nitrogen and oxygen atoms in total. The zero-order chi connectivity index (χ0) is 12.3. The zero-order valence-corrected chi connectivity index (χ0v) is 9.94. The zero-order valence-electron chi connectivity index (χ0n) is 9.94. The molecule has 0 saturated carbocycles. The quantitative estimate of drug-likeness (QED) is 0.874. The molecule has 0 fully saturated rings. The van der Waals surface area contributed by atoms with Crippen molar-refractivity contribution in [3.05, 3.63) is 42.7 Å². The van der Waals surface area contributed by atoms with E-state index in [0.717, 1.165) is 17.0 Å². The third-order valence-electron chi connectivity index (χ3n) is 2.46. The monoisotopic (exact) mass is 229 g/mol. The van der Waals surface area contributed by atoms with Crippen molar-refractivity contribution in [3.8, 4) is 11.3 Å². The van der Waals surface area contributed by atoms with Crippen LogP contribution in [0.15, 0.2) is 47.1 Å². The van der Waals surface area contributed by atoms with E-state index >= 15 is 0 Å². The van der Waals surface area contributed by atoms with Crippen LogP contribution in [0.3, 0.4) is 0 Å². The standard InChI is InChI=1S/C14H15NO2/c1-10(2)14(16)15-12-6-3-5-11(9-12)13-7-4-8-17-13/h3-10H,1-2H3,(H,15,16). The lowest BCUT2D eigenvalue weighted by atomic mass is 10.1. The summed E-state index contributed by atoms with van der Waals surface area (Å²) in [4.78, 5) is 11.6. The number of nitrogens with one attached hydrogen (secondary N) is 1. The van der Waals surface area contributed by atoms with Crippen molar-refractivity contribution in [2.45, 2.75) is 13.8 Å². The molecule has 88 valence electrons. The van der Waals surface area contributed by atoms with E-state index in [1.807, 2.05) is 50.2 Å². The first-order valence-corrected chi connectivity index (χ1v) is 5.61. The summed E-state index contributed by atoms with van der Waals surface area (Å²) in [5, 5.41) is 2.86. The van der Waals surface area contributed by atoms with Gasteiger partial charge in [-0.2, -0.15) is 0 Å². The van der Waals surface area contributed by atoms with Gasteiger partial charge in [0.1, 0.15) is 5.76 Å². The third-order valence-corrected chi connectivity index (χ3v) is 2.46. The van der Waals surface area contributed by atoms with Crippen LogP contribution >= 0.6 is 0 Å². The van der Waals surface area contributed by atoms with Crippen molar-refractivity contribution in [2.24, 2.45) is 5.92 Å². The predicted molar refractivity (Wildman–Crippen MR) is 67.6 cm³/mol. The molecule has 2 aromatic rings. The van der Waals surface area contributed by atoms with E-state index in [1.54, 1.807) is 6.26 Å².